The second-order valence-corrected chi connectivity index (χ2v) is 5.50. The molecule has 0 aliphatic rings. The van der Waals surface area contributed by atoms with Gasteiger partial charge in [0.05, 0.1) is 22.8 Å². The number of rotatable bonds is 5. The molecule has 1 unspecified atom stereocenters. The molecule has 0 N–H and O–H groups in total. The number of nitrogens with zero attached hydrogens (tertiary/aromatic N) is 3. The maximum Gasteiger partial charge on any atom is 0.156 e. The van der Waals surface area contributed by atoms with Crippen molar-refractivity contribution in [1.29, 1.82) is 0 Å². The van der Waals surface area contributed by atoms with Gasteiger partial charge in [0.15, 0.2) is 5.75 Å². The van der Waals surface area contributed by atoms with Crippen LogP contribution in [0.4, 0.5) is 0 Å². The third kappa shape index (κ3) is 3.25. The monoisotopic (exact) mass is 313 g/mol. The van der Waals surface area contributed by atoms with Crippen LogP contribution in [0.5, 0.6) is 5.75 Å². The predicted molar refractivity (Wildman–Crippen MR) is 80.8 cm³/mol. The van der Waals surface area contributed by atoms with Gasteiger partial charge < -0.3 is 4.74 Å². The molecule has 1 aromatic heterocycles. The van der Waals surface area contributed by atoms with E-state index in [0.29, 0.717) is 15.8 Å². The quantitative estimate of drug-likeness (QED) is 0.838. The summed E-state index contributed by atoms with van der Waals surface area (Å²) < 4.78 is 6.97. The highest BCUT2D eigenvalue weighted by atomic mass is 35.5. The fraction of sp³-hybridized carbons (Fsp3) is 0.429. The van der Waals surface area contributed by atoms with Crippen LogP contribution in [0.3, 0.4) is 0 Å². The van der Waals surface area contributed by atoms with Crippen molar-refractivity contribution >= 4 is 23.2 Å². The molecule has 1 atom stereocenters. The molecular weight excluding hydrogens is 297 g/mol. The number of benzene rings is 1. The average molecular weight is 314 g/mol. The summed E-state index contributed by atoms with van der Waals surface area (Å²) in [7, 11) is 1.55. The minimum Gasteiger partial charge on any atom is -0.494 e. The molecule has 1 heterocycles. The smallest absolute Gasteiger partial charge is 0.156 e. The fourth-order valence-electron chi connectivity index (χ4n) is 2.08. The van der Waals surface area contributed by atoms with E-state index in [1.807, 2.05) is 29.9 Å². The first kappa shape index (κ1) is 15.1. The predicted octanol–water partition coefficient (Wildman–Crippen LogP) is 3.96. The zero-order chi connectivity index (χ0) is 14.7. The highest BCUT2D eigenvalue weighted by Gasteiger charge is 2.14. The molecule has 4 nitrogen and oxygen atoms in total. The van der Waals surface area contributed by atoms with Crippen LogP contribution in [0, 0.1) is 0 Å². The number of aryl methyl sites for hydroxylation is 1. The number of hydrogen-bond acceptors (Lipinski definition) is 3. The van der Waals surface area contributed by atoms with Crippen molar-refractivity contribution in [3.63, 3.8) is 0 Å². The van der Waals surface area contributed by atoms with Gasteiger partial charge in [-0.15, -0.1) is 5.10 Å². The van der Waals surface area contributed by atoms with Gasteiger partial charge in [-0.3, -0.25) is 4.68 Å². The Balaban J connectivity index is 2.18. The van der Waals surface area contributed by atoms with Crippen LogP contribution >= 0.6 is 23.2 Å². The van der Waals surface area contributed by atoms with E-state index < -0.39 is 0 Å². The Morgan fingerprint density at radius 2 is 1.95 bits per heavy atom. The molecule has 0 amide bonds. The van der Waals surface area contributed by atoms with Crippen molar-refractivity contribution in [2.75, 3.05) is 7.11 Å². The summed E-state index contributed by atoms with van der Waals surface area (Å²) in [5.41, 5.74) is 2.02. The largest absolute Gasteiger partial charge is 0.494 e. The number of ether oxygens (including phenoxy) is 1. The van der Waals surface area contributed by atoms with E-state index in [0.717, 1.165) is 24.2 Å². The number of aromatic nitrogens is 3. The third-order valence-corrected chi connectivity index (χ3v) is 3.78. The molecule has 1 aromatic carbocycles. The first-order chi connectivity index (χ1) is 9.55. The zero-order valence-corrected chi connectivity index (χ0v) is 13.2. The molecule has 0 radical (unpaired) electrons. The number of methoxy groups -OCH3 is 1. The Bertz CT molecular complexity index is 575. The van der Waals surface area contributed by atoms with Gasteiger partial charge in [0.1, 0.15) is 0 Å². The lowest BCUT2D eigenvalue weighted by atomic mass is 9.96. The maximum absolute atomic E-state index is 6.17. The second kappa shape index (κ2) is 6.46. The molecule has 20 heavy (non-hydrogen) atoms. The minimum absolute atomic E-state index is 0.248. The van der Waals surface area contributed by atoms with Crippen molar-refractivity contribution in [2.45, 2.75) is 32.7 Å². The summed E-state index contributed by atoms with van der Waals surface area (Å²) in [5, 5.41) is 9.25. The summed E-state index contributed by atoms with van der Waals surface area (Å²) in [6, 6.07) is 3.78. The second-order valence-electron chi connectivity index (χ2n) is 4.69. The van der Waals surface area contributed by atoms with Crippen molar-refractivity contribution in [1.82, 2.24) is 15.0 Å². The lowest BCUT2D eigenvalue weighted by Gasteiger charge is -2.13. The van der Waals surface area contributed by atoms with E-state index in [1.165, 1.54) is 0 Å². The summed E-state index contributed by atoms with van der Waals surface area (Å²) in [6.45, 7) is 4.96. The van der Waals surface area contributed by atoms with Gasteiger partial charge in [-0.25, -0.2) is 0 Å². The van der Waals surface area contributed by atoms with E-state index in [9.17, 15) is 0 Å². The first-order valence-electron chi connectivity index (χ1n) is 6.47. The van der Waals surface area contributed by atoms with E-state index >= 15 is 0 Å². The highest BCUT2D eigenvalue weighted by Crippen LogP contribution is 2.36. The summed E-state index contributed by atoms with van der Waals surface area (Å²) >= 11 is 12.3. The number of hydrogen-bond donors (Lipinski definition) is 0. The van der Waals surface area contributed by atoms with Gasteiger partial charge in [0.2, 0.25) is 0 Å². The normalized spacial score (nSPS) is 12.4. The molecule has 6 heteroatoms. The van der Waals surface area contributed by atoms with Gasteiger partial charge in [0.25, 0.3) is 0 Å². The van der Waals surface area contributed by atoms with Crippen molar-refractivity contribution in [2.24, 2.45) is 0 Å². The van der Waals surface area contributed by atoms with Gasteiger partial charge in [-0.1, -0.05) is 35.3 Å². The molecule has 0 aliphatic heterocycles. The summed E-state index contributed by atoms with van der Waals surface area (Å²) in [6.07, 6.45) is 2.75. The van der Waals surface area contributed by atoms with Crippen LogP contribution in [0.1, 0.15) is 31.0 Å². The summed E-state index contributed by atoms with van der Waals surface area (Å²) in [4.78, 5) is 0. The van der Waals surface area contributed by atoms with Gasteiger partial charge >= 0.3 is 0 Å². The standard InChI is InChI=1S/C14H17Cl2N3O/c1-4-19-8-11(17-18-19)5-9(2)10-6-12(15)14(20-3)13(16)7-10/h6-9H,4-5H2,1-3H3. The molecule has 2 aromatic rings. The fourth-order valence-corrected chi connectivity index (χ4v) is 2.74. The van der Waals surface area contributed by atoms with Crippen LogP contribution in [0.2, 0.25) is 10.0 Å². The molecule has 108 valence electrons. The van der Waals surface area contributed by atoms with Crippen LogP contribution in [0.15, 0.2) is 18.3 Å². The lowest BCUT2D eigenvalue weighted by molar-refractivity contribution is 0.415. The van der Waals surface area contributed by atoms with Gasteiger partial charge in [-0.05, 0) is 37.0 Å². The SMILES string of the molecule is CCn1cc(CC(C)c2cc(Cl)c(OC)c(Cl)c2)nn1. The van der Waals surface area contributed by atoms with Gasteiger partial charge in [0, 0.05) is 12.7 Å². The third-order valence-electron chi connectivity index (χ3n) is 3.22. The average Bonchev–Trinajstić information content (AvgIpc) is 2.86. The van der Waals surface area contributed by atoms with Crippen LogP contribution in [-0.2, 0) is 13.0 Å². The van der Waals surface area contributed by atoms with Crippen LogP contribution in [0.25, 0.3) is 0 Å². The van der Waals surface area contributed by atoms with Crippen molar-refractivity contribution < 1.29 is 4.74 Å². The van der Waals surface area contributed by atoms with Crippen molar-refractivity contribution in [3.05, 3.63) is 39.6 Å². The van der Waals surface area contributed by atoms with Crippen LogP contribution in [-0.4, -0.2) is 22.1 Å². The lowest BCUT2D eigenvalue weighted by Crippen LogP contribution is -2.00. The zero-order valence-electron chi connectivity index (χ0n) is 11.7. The molecule has 0 fully saturated rings. The first-order valence-corrected chi connectivity index (χ1v) is 7.22. The Hall–Kier alpha value is -1.26. The summed E-state index contributed by atoms with van der Waals surface area (Å²) in [5.74, 6) is 0.763. The Kier molecular flexibility index (Phi) is 4.89. The Morgan fingerprint density at radius 1 is 1.30 bits per heavy atom. The van der Waals surface area contributed by atoms with E-state index in [4.69, 9.17) is 27.9 Å². The van der Waals surface area contributed by atoms with Crippen LogP contribution < -0.4 is 4.74 Å². The minimum atomic E-state index is 0.248. The van der Waals surface area contributed by atoms with E-state index in [2.05, 4.69) is 17.2 Å². The highest BCUT2D eigenvalue weighted by molar-refractivity contribution is 6.37. The molecule has 2 rings (SSSR count). The number of halogens is 2. The molecular formula is C14H17Cl2N3O. The van der Waals surface area contributed by atoms with Crippen molar-refractivity contribution in [3.8, 4) is 5.75 Å². The molecule has 0 aliphatic carbocycles. The van der Waals surface area contributed by atoms with E-state index in [1.54, 1.807) is 7.11 Å². The van der Waals surface area contributed by atoms with E-state index in [-0.39, 0.29) is 5.92 Å². The van der Waals surface area contributed by atoms with Gasteiger partial charge in [-0.2, -0.15) is 0 Å². The molecule has 0 bridgehead atoms. The maximum atomic E-state index is 6.17. The Morgan fingerprint density at radius 3 is 2.45 bits per heavy atom. The molecule has 0 spiro atoms. The topological polar surface area (TPSA) is 39.9 Å². The Labute approximate surface area is 128 Å². The molecule has 0 saturated heterocycles. The molecule has 0 saturated carbocycles.